The van der Waals surface area contributed by atoms with Crippen LogP contribution in [0.15, 0.2) is 47.4 Å². The molecule has 0 atom stereocenters. The topological polar surface area (TPSA) is 102 Å². The molecule has 1 heterocycles. The highest BCUT2D eigenvalue weighted by molar-refractivity contribution is 7.89. The second-order valence-electron chi connectivity index (χ2n) is 6.93. The number of methoxy groups -OCH3 is 1. The highest BCUT2D eigenvalue weighted by Crippen LogP contribution is 2.26. The third kappa shape index (κ3) is 5.55. The van der Waals surface area contributed by atoms with Crippen LogP contribution >= 0.6 is 11.6 Å². The Bertz CT molecular complexity index is 1070. The van der Waals surface area contributed by atoms with E-state index in [4.69, 9.17) is 21.1 Å². The molecule has 0 aromatic heterocycles. The number of nitrogens with one attached hydrogen (secondary N) is 1. The molecule has 166 valence electrons. The Morgan fingerprint density at radius 3 is 2.52 bits per heavy atom. The van der Waals surface area contributed by atoms with Gasteiger partial charge in [0.1, 0.15) is 5.75 Å². The minimum absolute atomic E-state index is 0.0349. The fourth-order valence-electron chi connectivity index (χ4n) is 3.22. The number of carbonyl (C=O) groups is 2. The number of para-hydroxylation sites is 2. The summed E-state index contributed by atoms with van der Waals surface area (Å²) < 4.78 is 37.3. The fraction of sp³-hybridized carbons (Fsp3) is 0.333. The van der Waals surface area contributed by atoms with Gasteiger partial charge in [-0.05, 0) is 43.2 Å². The zero-order chi connectivity index (χ0) is 22.4. The van der Waals surface area contributed by atoms with Gasteiger partial charge in [-0.1, -0.05) is 30.2 Å². The zero-order valence-electron chi connectivity index (χ0n) is 17.0. The first-order valence-corrected chi connectivity index (χ1v) is 11.5. The van der Waals surface area contributed by atoms with Crippen LogP contribution in [0.5, 0.6) is 5.75 Å². The Kier molecular flexibility index (Phi) is 7.53. The van der Waals surface area contributed by atoms with Gasteiger partial charge in [0.05, 0.1) is 28.3 Å². The molecule has 1 amide bonds. The first kappa shape index (κ1) is 23.1. The number of hydrogen-bond acceptors (Lipinski definition) is 6. The molecule has 1 aliphatic rings. The summed E-state index contributed by atoms with van der Waals surface area (Å²) in [5.74, 6) is -1.01. The van der Waals surface area contributed by atoms with Crippen LogP contribution in [-0.4, -0.2) is 51.4 Å². The van der Waals surface area contributed by atoms with Crippen molar-refractivity contribution in [2.24, 2.45) is 0 Å². The van der Waals surface area contributed by atoms with Crippen LogP contribution in [0.3, 0.4) is 0 Å². The summed E-state index contributed by atoms with van der Waals surface area (Å²) in [5, 5.41) is 2.62. The van der Waals surface area contributed by atoms with Gasteiger partial charge in [0.15, 0.2) is 6.61 Å². The van der Waals surface area contributed by atoms with E-state index in [1.54, 1.807) is 24.3 Å². The molecule has 0 aliphatic carbocycles. The molecule has 0 radical (unpaired) electrons. The largest absolute Gasteiger partial charge is 0.495 e. The number of rotatable bonds is 7. The number of benzene rings is 2. The summed E-state index contributed by atoms with van der Waals surface area (Å²) in [6, 6.07) is 10.7. The summed E-state index contributed by atoms with van der Waals surface area (Å²) in [5.41, 5.74) is 0.309. The number of anilines is 1. The fourth-order valence-corrected chi connectivity index (χ4v) is 4.96. The Morgan fingerprint density at radius 2 is 1.81 bits per heavy atom. The van der Waals surface area contributed by atoms with Crippen LogP contribution in [0, 0.1) is 0 Å². The van der Waals surface area contributed by atoms with E-state index in [1.165, 1.54) is 29.6 Å². The van der Waals surface area contributed by atoms with Crippen molar-refractivity contribution in [1.29, 1.82) is 0 Å². The molecule has 31 heavy (non-hydrogen) atoms. The number of nitrogens with zero attached hydrogens (tertiary/aromatic N) is 1. The maximum atomic E-state index is 12.9. The van der Waals surface area contributed by atoms with Gasteiger partial charge in [0.2, 0.25) is 10.0 Å². The second-order valence-corrected chi connectivity index (χ2v) is 9.28. The number of esters is 1. The third-order valence-electron chi connectivity index (χ3n) is 4.83. The molecular weight excluding hydrogens is 444 g/mol. The van der Waals surface area contributed by atoms with Crippen LogP contribution in [0.1, 0.15) is 29.6 Å². The van der Waals surface area contributed by atoms with E-state index in [-0.39, 0.29) is 15.5 Å². The van der Waals surface area contributed by atoms with Gasteiger partial charge in [0.25, 0.3) is 5.91 Å². The molecule has 0 unspecified atom stereocenters. The average molecular weight is 467 g/mol. The SMILES string of the molecule is COc1ccccc1NC(=O)COC(=O)c1cc(S(=O)(=O)N2CCCCC2)ccc1Cl. The molecule has 3 rings (SSSR count). The van der Waals surface area contributed by atoms with Crippen molar-refractivity contribution in [3.8, 4) is 5.75 Å². The molecule has 8 nitrogen and oxygen atoms in total. The predicted octanol–water partition coefficient (Wildman–Crippen LogP) is 3.32. The number of sulfonamides is 1. The summed E-state index contributed by atoms with van der Waals surface area (Å²) in [4.78, 5) is 24.6. The number of hydrogen-bond donors (Lipinski definition) is 1. The van der Waals surface area contributed by atoms with E-state index in [0.29, 0.717) is 24.5 Å². The normalized spacial score (nSPS) is 14.6. The second kappa shape index (κ2) is 10.1. The molecule has 0 spiro atoms. The van der Waals surface area contributed by atoms with Gasteiger partial charge in [0, 0.05) is 13.1 Å². The molecule has 10 heteroatoms. The first-order valence-electron chi connectivity index (χ1n) is 9.72. The van der Waals surface area contributed by atoms with Gasteiger partial charge in [-0.2, -0.15) is 4.31 Å². The minimum Gasteiger partial charge on any atom is -0.495 e. The lowest BCUT2D eigenvalue weighted by Crippen LogP contribution is -2.35. The standard InChI is InChI=1S/C21H23ClN2O6S/c1-29-19-8-4-3-7-18(19)23-20(25)14-30-21(26)16-13-15(9-10-17(16)22)31(27,28)24-11-5-2-6-12-24/h3-4,7-10,13H,2,5-6,11-12,14H2,1H3,(H,23,25). The number of halogens is 1. The van der Waals surface area contributed by atoms with Crippen molar-refractivity contribution in [3.63, 3.8) is 0 Å². The van der Waals surface area contributed by atoms with Crippen molar-refractivity contribution < 1.29 is 27.5 Å². The van der Waals surface area contributed by atoms with Crippen LogP contribution < -0.4 is 10.1 Å². The maximum absolute atomic E-state index is 12.9. The first-order chi connectivity index (χ1) is 14.8. The molecule has 1 fully saturated rings. The quantitative estimate of drug-likeness (QED) is 0.628. The summed E-state index contributed by atoms with van der Waals surface area (Å²) >= 11 is 6.09. The third-order valence-corrected chi connectivity index (χ3v) is 7.05. The number of carbonyl (C=O) groups excluding carboxylic acids is 2. The lowest BCUT2D eigenvalue weighted by atomic mass is 10.2. The van der Waals surface area contributed by atoms with Gasteiger partial charge in [-0.3, -0.25) is 4.79 Å². The van der Waals surface area contributed by atoms with Crippen molar-refractivity contribution in [2.45, 2.75) is 24.2 Å². The number of ether oxygens (including phenoxy) is 2. The Morgan fingerprint density at radius 1 is 1.10 bits per heavy atom. The molecular formula is C21H23ClN2O6S. The van der Waals surface area contributed by atoms with Crippen LogP contribution in [0.4, 0.5) is 5.69 Å². The maximum Gasteiger partial charge on any atom is 0.340 e. The summed E-state index contributed by atoms with van der Waals surface area (Å²) in [6.07, 6.45) is 2.58. The molecule has 1 N–H and O–H groups in total. The zero-order valence-corrected chi connectivity index (χ0v) is 18.5. The van der Waals surface area contributed by atoms with E-state index in [2.05, 4.69) is 5.32 Å². The summed E-state index contributed by atoms with van der Waals surface area (Å²) in [7, 11) is -2.27. The van der Waals surface area contributed by atoms with Gasteiger partial charge >= 0.3 is 5.97 Å². The van der Waals surface area contributed by atoms with Crippen molar-refractivity contribution in [2.75, 3.05) is 32.1 Å². The van der Waals surface area contributed by atoms with E-state index in [0.717, 1.165) is 19.3 Å². The molecule has 0 bridgehead atoms. The molecule has 2 aromatic rings. The van der Waals surface area contributed by atoms with Gasteiger partial charge < -0.3 is 14.8 Å². The average Bonchev–Trinajstić information content (AvgIpc) is 2.78. The molecule has 1 aliphatic heterocycles. The smallest absolute Gasteiger partial charge is 0.340 e. The lowest BCUT2D eigenvalue weighted by molar-refractivity contribution is -0.119. The van der Waals surface area contributed by atoms with Crippen LogP contribution in [-0.2, 0) is 19.6 Å². The summed E-state index contributed by atoms with van der Waals surface area (Å²) in [6.45, 7) is 0.304. The predicted molar refractivity (Wildman–Crippen MR) is 116 cm³/mol. The van der Waals surface area contributed by atoms with E-state index >= 15 is 0 Å². The lowest BCUT2D eigenvalue weighted by Gasteiger charge is -2.26. The van der Waals surface area contributed by atoms with E-state index in [1.807, 2.05) is 0 Å². The molecule has 2 aromatic carbocycles. The van der Waals surface area contributed by atoms with Crippen molar-refractivity contribution in [1.82, 2.24) is 4.31 Å². The highest BCUT2D eigenvalue weighted by atomic mass is 35.5. The molecule has 0 saturated carbocycles. The van der Waals surface area contributed by atoms with Gasteiger partial charge in [-0.25, -0.2) is 13.2 Å². The number of amides is 1. The minimum atomic E-state index is -3.74. The highest BCUT2D eigenvalue weighted by Gasteiger charge is 2.27. The van der Waals surface area contributed by atoms with E-state index in [9.17, 15) is 18.0 Å². The van der Waals surface area contributed by atoms with Crippen LogP contribution in [0.2, 0.25) is 5.02 Å². The Labute approximate surface area is 186 Å². The monoisotopic (exact) mass is 466 g/mol. The van der Waals surface area contributed by atoms with Crippen LogP contribution in [0.25, 0.3) is 0 Å². The van der Waals surface area contributed by atoms with Crippen molar-refractivity contribution in [3.05, 3.63) is 53.1 Å². The molecule has 1 saturated heterocycles. The van der Waals surface area contributed by atoms with Crippen molar-refractivity contribution >= 4 is 39.2 Å². The Hall–Kier alpha value is -2.62. The number of piperidine rings is 1. The van der Waals surface area contributed by atoms with Gasteiger partial charge in [-0.15, -0.1) is 0 Å². The van der Waals surface area contributed by atoms with E-state index < -0.39 is 28.5 Å². The Balaban J connectivity index is 1.68.